The second kappa shape index (κ2) is 10.5. The van der Waals surface area contributed by atoms with Gasteiger partial charge in [-0.05, 0) is 49.2 Å². The van der Waals surface area contributed by atoms with Crippen molar-refractivity contribution >= 4 is 45.5 Å². The van der Waals surface area contributed by atoms with Gasteiger partial charge in [0.15, 0.2) is 5.13 Å². The molecule has 2 aromatic carbocycles. The summed E-state index contributed by atoms with van der Waals surface area (Å²) in [4.78, 5) is 27.9. The number of rotatable bonds is 8. The van der Waals surface area contributed by atoms with Crippen molar-refractivity contribution in [2.24, 2.45) is 5.10 Å². The zero-order chi connectivity index (χ0) is 24.0. The summed E-state index contributed by atoms with van der Waals surface area (Å²) in [6, 6.07) is 11.6. The molecule has 9 nitrogen and oxygen atoms in total. The Balaban J connectivity index is 1.95. The highest BCUT2D eigenvalue weighted by molar-refractivity contribution is 7.17. The first kappa shape index (κ1) is 23.6. The first-order valence-electron chi connectivity index (χ1n) is 10.1. The van der Waals surface area contributed by atoms with Crippen LogP contribution in [-0.4, -0.2) is 26.6 Å². The van der Waals surface area contributed by atoms with Crippen molar-refractivity contribution in [3.05, 3.63) is 80.4 Å². The van der Waals surface area contributed by atoms with Crippen molar-refractivity contribution in [1.82, 2.24) is 10.4 Å². The maximum atomic E-state index is 11.8. The summed E-state index contributed by atoms with van der Waals surface area (Å²) in [5.74, 6) is -0.107. The lowest BCUT2D eigenvalue weighted by molar-refractivity contribution is -0.384. The molecule has 0 unspecified atom stereocenters. The highest BCUT2D eigenvalue weighted by Crippen LogP contribution is 2.32. The van der Waals surface area contributed by atoms with Crippen LogP contribution in [0.2, 0.25) is 0 Å². The minimum Gasteiger partial charge on any atom is -0.508 e. The van der Waals surface area contributed by atoms with Crippen molar-refractivity contribution in [3.63, 3.8) is 0 Å². The lowest BCUT2D eigenvalue weighted by Gasteiger charge is -2.04. The van der Waals surface area contributed by atoms with Crippen LogP contribution >= 0.6 is 11.3 Å². The van der Waals surface area contributed by atoms with Crippen LogP contribution in [0.5, 0.6) is 5.75 Å². The molecule has 1 heterocycles. The summed E-state index contributed by atoms with van der Waals surface area (Å²) in [5, 5.41) is 28.8. The van der Waals surface area contributed by atoms with Gasteiger partial charge in [-0.25, -0.2) is 10.4 Å². The van der Waals surface area contributed by atoms with Gasteiger partial charge >= 0.3 is 0 Å². The van der Waals surface area contributed by atoms with E-state index in [1.165, 1.54) is 17.4 Å². The van der Waals surface area contributed by atoms with Crippen molar-refractivity contribution in [2.45, 2.75) is 27.2 Å². The van der Waals surface area contributed by atoms with E-state index in [1.54, 1.807) is 63.3 Å². The molecule has 0 aliphatic heterocycles. The van der Waals surface area contributed by atoms with Gasteiger partial charge in [-0.1, -0.05) is 42.5 Å². The number of nitro benzene ring substituents is 1. The van der Waals surface area contributed by atoms with E-state index >= 15 is 0 Å². The van der Waals surface area contributed by atoms with Crippen LogP contribution in [-0.2, 0) is 4.79 Å². The minimum atomic E-state index is -0.443. The Morgan fingerprint density at radius 2 is 2.06 bits per heavy atom. The van der Waals surface area contributed by atoms with Gasteiger partial charge < -0.3 is 10.4 Å². The number of allylic oxidation sites excluding steroid dienone is 1. The molecule has 0 aliphatic rings. The average Bonchev–Trinajstić information content (AvgIpc) is 3.14. The molecular weight excluding hydrogens is 442 g/mol. The third-order valence-electron chi connectivity index (χ3n) is 4.55. The molecule has 0 aliphatic carbocycles. The number of hydrogen-bond donors (Lipinski definition) is 3. The number of aromatic nitrogens is 1. The lowest BCUT2D eigenvalue weighted by atomic mass is 10.1. The van der Waals surface area contributed by atoms with Crippen LogP contribution in [0.15, 0.2) is 53.6 Å². The Hall–Kier alpha value is -4.05. The number of phenolic OH excluding ortho intramolecular Hbond substituents is 1. The molecule has 33 heavy (non-hydrogen) atoms. The zero-order valence-corrected chi connectivity index (χ0v) is 19.1. The van der Waals surface area contributed by atoms with E-state index in [0.717, 1.165) is 11.1 Å². The van der Waals surface area contributed by atoms with E-state index in [1.807, 2.05) is 6.07 Å². The van der Waals surface area contributed by atoms with Gasteiger partial charge in [0.1, 0.15) is 17.1 Å². The molecule has 1 amide bonds. The summed E-state index contributed by atoms with van der Waals surface area (Å²) in [6.07, 6.45) is 3.75. The van der Waals surface area contributed by atoms with Crippen LogP contribution in [0, 0.1) is 24.0 Å². The van der Waals surface area contributed by atoms with Gasteiger partial charge in [0.05, 0.1) is 15.5 Å². The number of aromatic hydroxyl groups is 1. The standard InChI is InChI=1S/C23H23N5O4S/c1-4-21(30)27-26-19(11-9-16-6-5-7-17(29)13-16)22-15(3)24-23(33-22)25-18-10-8-14(2)12-20(18)28(31)32/h5-13,29H,4H2,1-3H3,(H,24,25)(H,27,30)/b11-9+,26-19?. The molecule has 1 aromatic heterocycles. The lowest BCUT2D eigenvalue weighted by Crippen LogP contribution is -2.18. The molecule has 0 radical (unpaired) electrons. The third kappa shape index (κ3) is 6.23. The van der Waals surface area contributed by atoms with Crippen LogP contribution in [0.1, 0.15) is 35.0 Å². The Morgan fingerprint density at radius 3 is 2.76 bits per heavy atom. The van der Waals surface area contributed by atoms with Crippen LogP contribution in [0.25, 0.3) is 6.08 Å². The number of amides is 1. The molecule has 0 bridgehead atoms. The number of phenols is 1. The monoisotopic (exact) mass is 465 g/mol. The predicted octanol–water partition coefficient (Wildman–Crippen LogP) is 5.06. The first-order valence-corrected chi connectivity index (χ1v) is 10.9. The van der Waals surface area contributed by atoms with Crippen molar-refractivity contribution in [2.75, 3.05) is 5.32 Å². The van der Waals surface area contributed by atoms with E-state index in [2.05, 4.69) is 20.8 Å². The van der Waals surface area contributed by atoms with Gasteiger partial charge in [0, 0.05) is 12.5 Å². The smallest absolute Gasteiger partial charge is 0.292 e. The topological polar surface area (TPSA) is 130 Å². The number of nitrogens with zero attached hydrogens (tertiary/aromatic N) is 3. The molecule has 0 atom stereocenters. The maximum Gasteiger partial charge on any atom is 0.292 e. The van der Waals surface area contributed by atoms with Crippen molar-refractivity contribution in [3.8, 4) is 5.75 Å². The fourth-order valence-corrected chi connectivity index (χ4v) is 3.82. The Morgan fingerprint density at radius 1 is 1.27 bits per heavy atom. The summed E-state index contributed by atoms with van der Waals surface area (Å²) in [5.41, 5.74) is 5.43. The van der Waals surface area contributed by atoms with E-state index in [9.17, 15) is 20.0 Å². The van der Waals surface area contributed by atoms with E-state index < -0.39 is 4.92 Å². The predicted molar refractivity (Wildman–Crippen MR) is 130 cm³/mol. The molecule has 10 heteroatoms. The number of aryl methyl sites for hydroxylation is 2. The molecule has 3 rings (SSSR count). The fourth-order valence-electron chi connectivity index (χ4n) is 2.87. The molecular formula is C23H23N5O4S. The van der Waals surface area contributed by atoms with Crippen molar-refractivity contribution < 1.29 is 14.8 Å². The Bertz CT molecular complexity index is 1250. The summed E-state index contributed by atoms with van der Waals surface area (Å²) < 4.78 is 0. The second-order valence-corrected chi connectivity index (χ2v) is 8.15. The number of hydrogen-bond acceptors (Lipinski definition) is 8. The molecule has 170 valence electrons. The van der Waals surface area contributed by atoms with E-state index in [4.69, 9.17) is 0 Å². The minimum absolute atomic E-state index is 0.0442. The quantitative estimate of drug-likeness (QED) is 0.242. The summed E-state index contributed by atoms with van der Waals surface area (Å²) in [6.45, 7) is 5.30. The number of hydrazone groups is 1. The molecule has 3 aromatic rings. The third-order valence-corrected chi connectivity index (χ3v) is 5.64. The first-order chi connectivity index (χ1) is 15.8. The maximum absolute atomic E-state index is 11.8. The van der Waals surface area contributed by atoms with E-state index in [-0.39, 0.29) is 23.8 Å². The number of anilines is 2. The second-order valence-electron chi connectivity index (χ2n) is 7.15. The summed E-state index contributed by atoms with van der Waals surface area (Å²) >= 11 is 1.26. The molecule has 3 N–H and O–H groups in total. The highest BCUT2D eigenvalue weighted by Gasteiger charge is 2.18. The zero-order valence-electron chi connectivity index (χ0n) is 18.3. The number of thiazole rings is 1. The SMILES string of the molecule is CCC(=O)NN=C(/C=C/c1cccc(O)c1)c1sc(Nc2ccc(C)cc2[N+](=O)[O-])nc1C. The number of carbonyl (C=O) groups is 1. The average molecular weight is 466 g/mol. The van der Waals surface area contributed by atoms with Gasteiger partial charge in [-0.3, -0.25) is 14.9 Å². The van der Waals surface area contributed by atoms with Crippen LogP contribution < -0.4 is 10.7 Å². The fraction of sp³-hybridized carbons (Fsp3) is 0.174. The van der Waals surface area contributed by atoms with Crippen LogP contribution in [0.3, 0.4) is 0 Å². The van der Waals surface area contributed by atoms with Gasteiger partial charge in [-0.15, -0.1) is 0 Å². The molecule has 0 saturated carbocycles. The largest absolute Gasteiger partial charge is 0.508 e. The Kier molecular flexibility index (Phi) is 7.52. The van der Waals surface area contributed by atoms with Gasteiger partial charge in [-0.2, -0.15) is 5.10 Å². The molecule has 0 fully saturated rings. The summed E-state index contributed by atoms with van der Waals surface area (Å²) in [7, 11) is 0. The van der Waals surface area contributed by atoms with Gasteiger partial charge in [0.2, 0.25) is 5.91 Å². The van der Waals surface area contributed by atoms with E-state index in [0.29, 0.717) is 27.1 Å². The number of carbonyl (C=O) groups excluding carboxylic acids is 1. The molecule has 0 saturated heterocycles. The number of benzene rings is 2. The highest BCUT2D eigenvalue weighted by atomic mass is 32.1. The van der Waals surface area contributed by atoms with Crippen molar-refractivity contribution in [1.29, 1.82) is 0 Å². The number of nitro groups is 1. The normalized spacial score (nSPS) is 11.5. The van der Waals surface area contributed by atoms with Gasteiger partial charge in [0.25, 0.3) is 5.69 Å². The Labute approximate surface area is 194 Å². The molecule has 0 spiro atoms. The van der Waals surface area contributed by atoms with Crippen LogP contribution in [0.4, 0.5) is 16.5 Å². The number of nitrogens with one attached hydrogen (secondary N) is 2.